The van der Waals surface area contributed by atoms with E-state index in [1.54, 1.807) is 0 Å². The number of nitrogens with zero attached hydrogens (tertiary/aromatic N) is 2. The molecule has 0 spiro atoms. The molecule has 7 rings (SSSR count). The summed E-state index contributed by atoms with van der Waals surface area (Å²) < 4.78 is 13.6. The number of fused-ring (bicyclic) bond motifs is 1. The van der Waals surface area contributed by atoms with Gasteiger partial charge in [0.05, 0.1) is 18.9 Å². The van der Waals surface area contributed by atoms with Gasteiger partial charge in [-0.25, -0.2) is 9.59 Å². The monoisotopic (exact) mass is 714 g/mol. The van der Waals surface area contributed by atoms with Gasteiger partial charge in [0.15, 0.2) is 11.5 Å². The van der Waals surface area contributed by atoms with Crippen LogP contribution >= 0.6 is 0 Å². The minimum Gasteiger partial charge on any atom is -0.489 e. The average molecular weight is 715 g/mol. The molecule has 1 heterocycles. The predicted molar refractivity (Wildman–Crippen MR) is 219 cm³/mol. The lowest BCUT2D eigenvalue weighted by atomic mass is 10.00. The summed E-state index contributed by atoms with van der Waals surface area (Å²) in [5, 5.41) is 0. The summed E-state index contributed by atoms with van der Waals surface area (Å²) in [6, 6.07) is 33.1. The number of para-hydroxylation sites is 2. The largest absolute Gasteiger partial charge is 0.489 e. The lowest BCUT2D eigenvalue weighted by Gasteiger charge is -2.31. The minimum absolute atomic E-state index is 0.548. The van der Waals surface area contributed by atoms with Crippen LogP contribution in [0, 0.1) is 0 Å². The lowest BCUT2D eigenvalue weighted by molar-refractivity contribution is 0.258. The van der Waals surface area contributed by atoms with E-state index < -0.39 is 0 Å². The highest BCUT2D eigenvalue weighted by Gasteiger charge is 2.26. The summed E-state index contributed by atoms with van der Waals surface area (Å²) in [6.07, 6.45) is 22.1. The minimum atomic E-state index is 0.548. The van der Waals surface area contributed by atoms with Crippen molar-refractivity contribution in [2.75, 3.05) is 23.0 Å². The standard InChI is InChI=1S/C48H46N2O4/c51-35-37-17-15-23-43(33-37)49(40-19-9-7-10-20-40)42-27-25-39(26-28-42)45-29-30-46(48-47(45)53-31-13-5-3-1-2-4-6-14-32-54-48)50(41-21-11-8-12-22-41)44-24-16-18-38(34-44)36-52/h7-12,15-16,19-30,33-34H,1-6,13-14,17-18,31-32H2. The number of rotatable bonds is 7. The SMILES string of the molecule is O=C=C1C=C(N(c2ccccc2)c2ccc(-c3ccc(N(C4=CC(=C=O)CC=C4)c4ccccc4)c4c3OCCCCCCCCCCO4)cc2)C=CC1. The molecule has 0 saturated carbocycles. The topological polar surface area (TPSA) is 59.1 Å². The third-order valence-electron chi connectivity index (χ3n) is 10.0. The molecule has 2 aliphatic carbocycles. The zero-order valence-corrected chi connectivity index (χ0v) is 30.7. The van der Waals surface area contributed by atoms with E-state index in [0.29, 0.717) is 48.7 Å². The third-order valence-corrected chi connectivity index (χ3v) is 10.0. The molecule has 0 unspecified atom stereocenters. The van der Waals surface area contributed by atoms with Crippen molar-refractivity contribution in [3.63, 3.8) is 0 Å². The van der Waals surface area contributed by atoms with Gasteiger partial charge in [0.25, 0.3) is 0 Å². The van der Waals surface area contributed by atoms with Crippen LogP contribution in [-0.2, 0) is 9.59 Å². The van der Waals surface area contributed by atoms with Crippen LogP contribution in [0.1, 0.15) is 64.2 Å². The van der Waals surface area contributed by atoms with Gasteiger partial charge in [-0.2, -0.15) is 0 Å². The quantitative estimate of drug-likeness (QED) is 0.178. The van der Waals surface area contributed by atoms with Crippen LogP contribution < -0.4 is 19.3 Å². The number of hydrogen-bond donors (Lipinski definition) is 0. The van der Waals surface area contributed by atoms with Gasteiger partial charge in [0.1, 0.15) is 11.9 Å². The van der Waals surface area contributed by atoms with Crippen LogP contribution in [-0.4, -0.2) is 25.1 Å². The average Bonchev–Trinajstić information content (AvgIpc) is 3.23. The Morgan fingerprint density at radius 1 is 0.481 bits per heavy atom. The van der Waals surface area contributed by atoms with Crippen LogP contribution in [0.2, 0.25) is 0 Å². The number of allylic oxidation sites excluding steroid dienone is 8. The Morgan fingerprint density at radius 3 is 1.52 bits per heavy atom. The smallest absolute Gasteiger partial charge is 0.185 e. The van der Waals surface area contributed by atoms with E-state index in [4.69, 9.17) is 9.47 Å². The second-order valence-electron chi connectivity index (χ2n) is 13.8. The molecule has 54 heavy (non-hydrogen) atoms. The van der Waals surface area contributed by atoms with E-state index >= 15 is 0 Å². The van der Waals surface area contributed by atoms with Crippen LogP contribution in [0.4, 0.5) is 22.7 Å². The highest BCUT2D eigenvalue weighted by molar-refractivity contribution is 5.86. The lowest BCUT2D eigenvalue weighted by Crippen LogP contribution is -2.18. The molecule has 0 fully saturated rings. The number of hydrogen-bond acceptors (Lipinski definition) is 6. The van der Waals surface area contributed by atoms with E-state index in [2.05, 4.69) is 94.5 Å². The maximum absolute atomic E-state index is 11.8. The summed E-state index contributed by atoms with van der Waals surface area (Å²) in [6.45, 7) is 1.14. The molecule has 6 heteroatoms. The summed E-state index contributed by atoms with van der Waals surface area (Å²) in [5.41, 5.74) is 8.65. The molecule has 3 aliphatic rings. The molecule has 0 amide bonds. The number of carbonyl (C=O) groups excluding carboxylic acids is 2. The molecular formula is C48H46N2O4. The van der Waals surface area contributed by atoms with Crippen molar-refractivity contribution in [2.24, 2.45) is 0 Å². The van der Waals surface area contributed by atoms with Crippen molar-refractivity contribution in [2.45, 2.75) is 64.2 Å². The first-order chi connectivity index (χ1) is 26.7. The fraction of sp³-hybridized carbons (Fsp3) is 0.250. The maximum Gasteiger partial charge on any atom is 0.185 e. The Balaban J connectivity index is 1.35. The molecule has 0 radical (unpaired) electrons. The van der Waals surface area contributed by atoms with Gasteiger partial charge in [0, 0.05) is 58.0 Å². The van der Waals surface area contributed by atoms with Crippen LogP contribution in [0.15, 0.2) is 156 Å². The van der Waals surface area contributed by atoms with Gasteiger partial charge < -0.3 is 19.3 Å². The summed E-state index contributed by atoms with van der Waals surface area (Å²) in [5.74, 6) is 5.61. The van der Waals surface area contributed by atoms with Crippen LogP contribution in [0.25, 0.3) is 11.1 Å². The van der Waals surface area contributed by atoms with E-state index in [9.17, 15) is 9.59 Å². The Bertz CT molecular complexity index is 2130. The molecule has 4 aromatic rings. The second-order valence-corrected chi connectivity index (χ2v) is 13.8. The first-order valence-electron chi connectivity index (χ1n) is 19.2. The molecule has 272 valence electrons. The van der Waals surface area contributed by atoms with E-state index in [1.165, 1.54) is 25.7 Å². The Hall–Kier alpha value is -6.06. The van der Waals surface area contributed by atoms with E-state index in [1.807, 2.05) is 60.7 Å². The molecule has 0 saturated heterocycles. The first-order valence-corrected chi connectivity index (χ1v) is 19.2. The van der Waals surface area contributed by atoms with Crippen molar-refractivity contribution in [1.82, 2.24) is 0 Å². The Kier molecular flexibility index (Phi) is 12.2. The van der Waals surface area contributed by atoms with Crippen molar-refractivity contribution < 1.29 is 19.1 Å². The fourth-order valence-electron chi connectivity index (χ4n) is 7.28. The number of anilines is 4. The van der Waals surface area contributed by atoms with Gasteiger partial charge in [-0.15, -0.1) is 0 Å². The van der Waals surface area contributed by atoms with Crippen LogP contribution in [0.3, 0.4) is 0 Å². The molecule has 4 aromatic carbocycles. The van der Waals surface area contributed by atoms with E-state index in [0.717, 1.165) is 71.0 Å². The van der Waals surface area contributed by atoms with E-state index in [-0.39, 0.29) is 0 Å². The van der Waals surface area contributed by atoms with Crippen molar-refractivity contribution in [3.05, 3.63) is 156 Å². The molecule has 0 atom stereocenters. The van der Waals surface area contributed by atoms with Gasteiger partial charge >= 0.3 is 0 Å². The number of benzene rings is 4. The zero-order chi connectivity index (χ0) is 37.0. The molecule has 0 bridgehead atoms. The second kappa shape index (κ2) is 18.1. The summed E-state index contributed by atoms with van der Waals surface area (Å²) >= 11 is 0. The molecule has 0 aromatic heterocycles. The summed E-state index contributed by atoms with van der Waals surface area (Å²) in [7, 11) is 0. The van der Waals surface area contributed by atoms with Gasteiger partial charge in [-0.05, 0) is 91.2 Å². The van der Waals surface area contributed by atoms with Crippen molar-refractivity contribution in [3.8, 4) is 22.6 Å². The molecule has 1 aliphatic heterocycles. The van der Waals surface area contributed by atoms with Gasteiger partial charge in [0.2, 0.25) is 0 Å². The molecular weight excluding hydrogens is 669 g/mol. The predicted octanol–water partition coefficient (Wildman–Crippen LogP) is 11.7. The van der Waals surface area contributed by atoms with Gasteiger partial charge in [-0.3, -0.25) is 0 Å². The number of ether oxygens (including phenoxy) is 2. The molecule has 0 N–H and O–H groups in total. The third kappa shape index (κ3) is 8.59. The summed E-state index contributed by atoms with van der Waals surface area (Å²) in [4.78, 5) is 27.8. The Labute approximate surface area is 318 Å². The Morgan fingerprint density at radius 2 is 0.963 bits per heavy atom. The normalized spacial score (nSPS) is 16.3. The first kappa shape index (κ1) is 36.3. The highest BCUT2D eigenvalue weighted by atomic mass is 16.5. The van der Waals surface area contributed by atoms with Gasteiger partial charge in [-0.1, -0.05) is 99.2 Å². The van der Waals surface area contributed by atoms with Crippen molar-refractivity contribution >= 4 is 34.6 Å². The fourth-order valence-corrected chi connectivity index (χ4v) is 7.28. The molecule has 6 nitrogen and oxygen atoms in total. The zero-order valence-electron chi connectivity index (χ0n) is 30.7. The maximum atomic E-state index is 11.8. The van der Waals surface area contributed by atoms with Crippen molar-refractivity contribution in [1.29, 1.82) is 0 Å². The highest BCUT2D eigenvalue weighted by Crippen LogP contribution is 2.49. The van der Waals surface area contributed by atoms with Crippen LogP contribution in [0.5, 0.6) is 11.5 Å².